The van der Waals surface area contributed by atoms with Gasteiger partial charge in [-0.3, -0.25) is 9.59 Å². The highest BCUT2D eigenvalue weighted by Crippen LogP contribution is 2.18. The molecule has 0 atom stereocenters. The molecule has 0 bridgehead atoms. The molecule has 0 N–H and O–H groups in total. The first-order valence-corrected chi connectivity index (χ1v) is 11.5. The molecule has 7 nitrogen and oxygen atoms in total. The number of aryl methyl sites for hydroxylation is 1. The van der Waals surface area contributed by atoms with E-state index in [0.717, 1.165) is 11.3 Å². The number of benzene rings is 2. The van der Waals surface area contributed by atoms with Crippen molar-refractivity contribution in [3.63, 3.8) is 0 Å². The average Bonchev–Trinajstić information content (AvgIpc) is 2.80. The smallest absolute Gasteiger partial charge is 0.430 e. The Balaban J connectivity index is 0.000000675. The van der Waals surface area contributed by atoms with Crippen LogP contribution >= 0.6 is 0 Å². The van der Waals surface area contributed by atoms with E-state index in [0.29, 0.717) is 12.8 Å². The topological polar surface area (TPSA) is 102 Å². The van der Waals surface area contributed by atoms with E-state index in [1.54, 1.807) is 7.11 Å². The lowest BCUT2D eigenvalue weighted by Crippen LogP contribution is -3.61. The Bertz CT molecular complexity index is 917. The fourth-order valence-corrected chi connectivity index (χ4v) is 5.05. The molecule has 0 fully saturated rings. The van der Waals surface area contributed by atoms with E-state index in [4.69, 9.17) is 24.1 Å². The summed E-state index contributed by atoms with van der Waals surface area (Å²) in [5, 5.41) is 8.78. The molecule has 0 aliphatic carbocycles. The second-order valence-corrected chi connectivity index (χ2v) is 9.22. The van der Waals surface area contributed by atoms with Crippen molar-refractivity contribution in [1.82, 2.24) is 0 Å². The number of alkyl halides is 3. The molecule has 11 heteroatoms. The van der Waals surface area contributed by atoms with Crippen molar-refractivity contribution in [3.05, 3.63) is 61.2 Å². The molecule has 2 aromatic rings. The molecule has 0 radical (unpaired) electrons. The Kier molecular flexibility index (Phi) is 11.7. The van der Waals surface area contributed by atoms with Crippen LogP contribution in [0.25, 0.3) is 0 Å². The van der Waals surface area contributed by atoms with Gasteiger partial charge in [-0.25, -0.2) is 0 Å². The standard InChI is InChI=1S/C20H22IO5.C2HF3O2/c1-24-16-10-12-18(21-15-7-5-4-6-8-15)14(13-16)9-11-17(19(22)25-2)20(23)26-3;3-2(4,5)1(6)7/h4-8,10,12-13,17H,9,11H2,1-3H3;(H,6,7)/q+1;/p-1. The average molecular weight is 582 g/mol. The third kappa shape index (κ3) is 9.68. The van der Waals surface area contributed by atoms with E-state index in [9.17, 15) is 22.8 Å². The number of hydrogen-bond acceptors (Lipinski definition) is 7. The van der Waals surface area contributed by atoms with Gasteiger partial charge in [0.2, 0.25) is 0 Å². The summed E-state index contributed by atoms with van der Waals surface area (Å²) in [5.41, 5.74) is 1.08. The number of aliphatic carboxylic acids is 1. The van der Waals surface area contributed by atoms with Crippen molar-refractivity contribution in [2.75, 3.05) is 21.3 Å². The number of halogens is 4. The van der Waals surface area contributed by atoms with Crippen LogP contribution in [0.4, 0.5) is 13.2 Å². The first-order chi connectivity index (χ1) is 15.5. The highest BCUT2D eigenvalue weighted by atomic mass is 127. The number of hydrogen-bond donors (Lipinski definition) is 0. The number of methoxy groups -OCH3 is 3. The minimum absolute atomic E-state index is 0.331. The first-order valence-electron chi connectivity index (χ1n) is 9.34. The van der Waals surface area contributed by atoms with Gasteiger partial charge in [0.1, 0.15) is 11.7 Å². The molecule has 0 spiro atoms. The van der Waals surface area contributed by atoms with E-state index in [-0.39, 0.29) is 21.2 Å². The zero-order valence-electron chi connectivity index (χ0n) is 18.0. The summed E-state index contributed by atoms with van der Waals surface area (Å²) in [4.78, 5) is 32.6. The molecule has 0 aliphatic heterocycles. The predicted molar refractivity (Wildman–Crippen MR) is 104 cm³/mol. The second-order valence-electron chi connectivity index (χ2n) is 6.27. The van der Waals surface area contributed by atoms with Crippen molar-refractivity contribution < 1.29 is 68.1 Å². The van der Waals surface area contributed by atoms with Crippen LogP contribution in [0, 0.1) is 13.1 Å². The third-order valence-corrected chi connectivity index (χ3v) is 7.08. The lowest BCUT2D eigenvalue weighted by atomic mass is 9.99. The van der Waals surface area contributed by atoms with Gasteiger partial charge in [-0.15, -0.1) is 0 Å². The van der Waals surface area contributed by atoms with Crippen molar-refractivity contribution in [2.24, 2.45) is 5.92 Å². The van der Waals surface area contributed by atoms with Crippen molar-refractivity contribution >= 4 is 17.9 Å². The molecule has 0 saturated carbocycles. The Labute approximate surface area is 199 Å². The maximum atomic E-state index is 11.9. The summed E-state index contributed by atoms with van der Waals surface area (Å²) >= 11 is -0.370. The molecule has 0 saturated heterocycles. The molecule has 0 amide bonds. The molecular weight excluding hydrogens is 560 g/mol. The number of esters is 2. The van der Waals surface area contributed by atoms with Crippen LogP contribution in [0.15, 0.2) is 48.5 Å². The predicted octanol–water partition coefficient (Wildman–Crippen LogP) is -0.983. The van der Waals surface area contributed by atoms with Gasteiger partial charge in [-0.05, 0) is 43.2 Å². The monoisotopic (exact) mass is 582 g/mol. The van der Waals surface area contributed by atoms with Gasteiger partial charge in [0, 0.05) is 5.56 Å². The van der Waals surface area contributed by atoms with Gasteiger partial charge in [-0.1, -0.05) is 18.2 Å². The molecule has 0 unspecified atom stereocenters. The summed E-state index contributed by atoms with van der Waals surface area (Å²) in [7, 11) is 4.17. The molecule has 2 aromatic carbocycles. The second kappa shape index (κ2) is 13.7. The summed E-state index contributed by atoms with van der Waals surface area (Å²) in [5.74, 6) is -4.31. The number of ether oxygens (including phenoxy) is 3. The fraction of sp³-hybridized carbons (Fsp3) is 0.318. The molecular formula is C22H22F3IO7. The summed E-state index contributed by atoms with van der Waals surface area (Å²) in [6.45, 7) is 0. The minimum atomic E-state index is -5.19. The largest absolute Gasteiger partial charge is 0.542 e. The molecule has 180 valence electrons. The van der Waals surface area contributed by atoms with Crippen LogP contribution in [0.5, 0.6) is 5.75 Å². The lowest BCUT2D eigenvalue weighted by molar-refractivity contribution is -0.598. The number of carboxylic acid groups (broad SMARTS) is 1. The molecule has 33 heavy (non-hydrogen) atoms. The zero-order valence-corrected chi connectivity index (χ0v) is 20.1. The van der Waals surface area contributed by atoms with Gasteiger partial charge in [0.15, 0.2) is 13.1 Å². The number of carbonyl (C=O) groups is 3. The van der Waals surface area contributed by atoms with E-state index in [1.165, 1.54) is 21.4 Å². The molecule has 0 heterocycles. The maximum Gasteiger partial charge on any atom is 0.430 e. The van der Waals surface area contributed by atoms with Crippen LogP contribution in [-0.2, 0) is 30.3 Å². The summed E-state index contributed by atoms with van der Waals surface area (Å²) in [6.07, 6.45) is -4.30. The fourth-order valence-electron chi connectivity index (χ4n) is 2.47. The molecule has 0 aromatic heterocycles. The molecule has 2 rings (SSSR count). The zero-order chi connectivity index (χ0) is 25.0. The minimum Gasteiger partial charge on any atom is -0.542 e. The molecule has 0 aliphatic rings. The highest BCUT2D eigenvalue weighted by molar-refractivity contribution is 5.94. The van der Waals surface area contributed by atoms with E-state index < -0.39 is 30.0 Å². The lowest BCUT2D eigenvalue weighted by Gasteiger charge is -2.12. The first kappa shape index (κ1) is 28.2. The van der Waals surface area contributed by atoms with Crippen LogP contribution < -0.4 is 31.0 Å². The van der Waals surface area contributed by atoms with Crippen molar-refractivity contribution in [2.45, 2.75) is 19.0 Å². The Morgan fingerprint density at radius 3 is 1.97 bits per heavy atom. The maximum absolute atomic E-state index is 11.9. The van der Waals surface area contributed by atoms with Gasteiger partial charge < -0.3 is 24.1 Å². The van der Waals surface area contributed by atoms with Crippen molar-refractivity contribution in [3.8, 4) is 5.75 Å². The number of rotatable bonds is 8. The van der Waals surface area contributed by atoms with E-state index >= 15 is 0 Å². The normalized spacial score (nSPS) is 10.6. The van der Waals surface area contributed by atoms with Gasteiger partial charge in [0.05, 0.1) is 21.3 Å². The SMILES string of the molecule is COC(=O)C(CCc1cc(OC)ccc1[I+]c1ccccc1)C(=O)OC.O=C([O-])C(F)(F)F. The van der Waals surface area contributed by atoms with Crippen LogP contribution in [0.1, 0.15) is 12.0 Å². The third-order valence-electron chi connectivity index (χ3n) is 4.10. The number of carbonyl (C=O) groups excluding carboxylic acids is 3. The van der Waals surface area contributed by atoms with E-state index in [1.807, 2.05) is 30.3 Å². The van der Waals surface area contributed by atoms with Crippen LogP contribution in [-0.4, -0.2) is 45.4 Å². The van der Waals surface area contributed by atoms with Gasteiger partial charge in [0.25, 0.3) is 0 Å². The van der Waals surface area contributed by atoms with Crippen LogP contribution in [0.3, 0.4) is 0 Å². The van der Waals surface area contributed by atoms with Gasteiger partial charge >= 0.3 is 39.3 Å². The Morgan fingerprint density at radius 2 is 1.52 bits per heavy atom. The van der Waals surface area contributed by atoms with Crippen LogP contribution in [0.2, 0.25) is 0 Å². The van der Waals surface area contributed by atoms with Gasteiger partial charge in [-0.2, -0.15) is 13.2 Å². The summed E-state index contributed by atoms with van der Waals surface area (Å²) in [6, 6.07) is 16.3. The Morgan fingerprint density at radius 1 is 0.970 bits per heavy atom. The number of carboxylic acids is 1. The van der Waals surface area contributed by atoms with E-state index in [2.05, 4.69) is 18.2 Å². The quantitative estimate of drug-likeness (QED) is 0.224. The highest BCUT2D eigenvalue weighted by Gasteiger charge is 2.30. The Hall–Kier alpha value is -2.83. The summed E-state index contributed by atoms with van der Waals surface area (Å²) < 4.78 is 48.9. The van der Waals surface area contributed by atoms with Crippen molar-refractivity contribution in [1.29, 1.82) is 0 Å².